The molecule has 1 saturated heterocycles. The number of hydrogen-bond donors (Lipinski definition) is 2. The Morgan fingerprint density at radius 2 is 2.46 bits per heavy atom. The number of carbonyl (C=O) groups excluding carboxylic acids is 1. The van der Waals surface area contributed by atoms with Crippen molar-refractivity contribution in [3.63, 3.8) is 0 Å². The minimum atomic E-state index is -0.282. The molecule has 0 aromatic heterocycles. The predicted molar refractivity (Wildman–Crippen MR) is 50.3 cm³/mol. The molecular formula is C9H18N2O2. The Balaban J connectivity index is 2.49. The number of nitrogens with one attached hydrogen (secondary N) is 1. The molecule has 0 aromatic rings. The Hall–Kier alpha value is -0.610. The van der Waals surface area contributed by atoms with Gasteiger partial charge in [-0.3, -0.25) is 10.1 Å². The molecule has 4 nitrogen and oxygen atoms in total. The van der Waals surface area contributed by atoms with Crippen LogP contribution in [-0.2, 0) is 9.53 Å². The molecule has 2 atom stereocenters. The topological polar surface area (TPSA) is 64.3 Å². The number of hydrogen-bond acceptors (Lipinski definition) is 3. The van der Waals surface area contributed by atoms with E-state index in [9.17, 15) is 4.79 Å². The van der Waals surface area contributed by atoms with Gasteiger partial charge in [0.25, 0.3) is 0 Å². The van der Waals surface area contributed by atoms with Crippen LogP contribution in [0.25, 0.3) is 0 Å². The minimum Gasteiger partial charge on any atom is -0.379 e. The third-order valence-electron chi connectivity index (χ3n) is 2.49. The largest absolute Gasteiger partial charge is 0.379 e. The summed E-state index contributed by atoms with van der Waals surface area (Å²) in [5.41, 5.74) is 5.17. The van der Waals surface area contributed by atoms with Crippen molar-refractivity contribution in [1.29, 1.82) is 0 Å². The van der Waals surface area contributed by atoms with Gasteiger partial charge in [-0.2, -0.15) is 0 Å². The van der Waals surface area contributed by atoms with E-state index in [1.54, 1.807) is 0 Å². The number of amides is 1. The van der Waals surface area contributed by atoms with Gasteiger partial charge in [-0.25, -0.2) is 0 Å². The van der Waals surface area contributed by atoms with Gasteiger partial charge in [0, 0.05) is 12.1 Å². The fourth-order valence-corrected chi connectivity index (χ4v) is 1.58. The molecule has 4 heteroatoms. The van der Waals surface area contributed by atoms with Crippen LogP contribution in [0.15, 0.2) is 0 Å². The van der Waals surface area contributed by atoms with E-state index in [0.29, 0.717) is 6.61 Å². The molecule has 13 heavy (non-hydrogen) atoms. The molecule has 1 rings (SSSR count). The molecule has 1 heterocycles. The summed E-state index contributed by atoms with van der Waals surface area (Å²) >= 11 is 0. The van der Waals surface area contributed by atoms with Crippen molar-refractivity contribution in [2.75, 3.05) is 13.2 Å². The molecule has 76 valence electrons. The lowest BCUT2D eigenvalue weighted by atomic mass is 9.99. The third-order valence-corrected chi connectivity index (χ3v) is 2.49. The van der Waals surface area contributed by atoms with E-state index in [-0.39, 0.29) is 17.5 Å². The van der Waals surface area contributed by atoms with Crippen molar-refractivity contribution in [3.8, 4) is 0 Å². The highest BCUT2D eigenvalue weighted by Gasteiger charge is 2.32. The normalized spacial score (nSPS) is 30.3. The van der Waals surface area contributed by atoms with Crippen LogP contribution in [-0.4, -0.2) is 30.7 Å². The zero-order chi connectivity index (χ0) is 9.90. The quantitative estimate of drug-likeness (QED) is 0.650. The van der Waals surface area contributed by atoms with Gasteiger partial charge >= 0.3 is 0 Å². The lowest BCUT2D eigenvalue weighted by Gasteiger charge is -2.27. The second kappa shape index (κ2) is 4.07. The zero-order valence-electron chi connectivity index (χ0n) is 8.30. The van der Waals surface area contributed by atoms with Crippen LogP contribution in [0.1, 0.15) is 26.7 Å². The van der Waals surface area contributed by atoms with Gasteiger partial charge < -0.3 is 10.5 Å². The van der Waals surface area contributed by atoms with E-state index >= 15 is 0 Å². The molecule has 1 aliphatic heterocycles. The average Bonchev–Trinajstić information content (AvgIpc) is 2.48. The summed E-state index contributed by atoms with van der Waals surface area (Å²) < 4.78 is 5.27. The molecule has 1 aliphatic rings. The SMILES string of the molecule is CCC(NC1(C)CCOC1)C(N)=O. The lowest BCUT2D eigenvalue weighted by molar-refractivity contribution is -0.120. The molecule has 0 aromatic carbocycles. The first-order valence-corrected chi connectivity index (χ1v) is 4.72. The molecule has 1 fully saturated rings. The summed E-state index contributed by atoms with van der Waals surface area (Å²) in [7, 11) is 0. The molecule has 2 unspecified atom stereocenters. The molecule has 0 saturated carbocycles. The van der Waals surface area contributed by atoms with Gasteiger partial charge in [0.2, 0.25) is 5.91 Å². The van der Waals surface area contributed by atoms with Crippen LogP contribution in [0.5, 0.6) is 0 Å². The van der Waals surface area contributed by atoms with Crippen LogP contribution >= 0.6 is 0 Å². The monoisotopic (exact) mass is 186 g/mol. The fraction of sp³-hybridized carbons (Fsp3) is 0.889. The molecular weight excluding hydrogens is 168 g/mol. The van der Waals surface area contributed by atoms with Crippen molar-refractivity contribution in [2.45, 2.75) is 38.3 Å². The smallest absolute Gasteiger partial charge is 0.234 e. The molecule has 0 aliphatic carbocycles. The second-order valence-corrected chi connectivity index (χ2v) is 3.87. The van der Waals surface area contributed by atoms with Gasteiger partial charge in [0.15, 0.2) is 0 Å². The first-order valence-electron chi connectivity index (χ1n) is 4.72. The fourth-order valence-electron chi connectivity index (χ4n) is 1.58. The Morgan fingerprint density at radius 3 is 2.85 bits per heavy atom. The maximum atomic E-state index is 11.0. The summed E-state index contributed by atoms with van der Waals surface area (Å²) in [6.07, 6.45) is 1.67. The van der Waals surface area contributed by atoms with Gasteiger partial charge in [-0.15, -0.1) is 0 Å². The Bertz CT molecular complexity index is 188. The zero-order valence-corrected chi connectivity index (χ0v) is 8.30. The van der Waals surface area contributed by atoms with Crippen molar-refractivity contribution in [3.05, 3.63) is 0 Å². The molecule has 0 bridgehead atoms. The standard InChI is InChI=1S/C9H18N2O2/c1-3-7(8(10)12)11-9(2)4-5-13-6-9/h7,11H,3-6H2,1-2H3,(H2,10,12). The van der Waals surface area contributed by atoms with Gasteiger partial charge in [-0.05, 0) is 19.8 Å². The average molecular weight is 186 g/mol. The first kappa shape index (κ1) is 10.5. The van der Waals surface area contributed by atoms with Crippen LogP contribution in [0.4, 0.5) is 0 Å². The first-order chi connectivity index (χ1) is 6.07. The van der Waals surface area contributed by atoms with E-state index in [4.69, 9.17) is 10.5 Å². The Kier molecular flexibility index (Phi) is 3.27. The summed E-state index contributed by atoms with van der Waals surface area (Å²) in [6, 6.07) is -0.230. The van der Waals surface area contributed by atoms with Crippen molar-refractivity contribution in [1.82, 2.24) is 5.32 Å². The Labute approximate surface area is 78.8 Å². The predicted octanol–water partition coefficient (Wildman–Crippen LogP) is 0.0189. The van der Waals surface area contributed by atoms with Crippen LogP contribution in [0.3, 0.4) is 0 Å². The highest BCUT2D eigenvalue weighted by atomic mass is 16.5. The second-order valence-electron chi connectivity index (χ2n) is 3.87. The highest BCUT2D eigenvalue weighted by molar-refractivity contribution is 5.79. The molecule has 0 radical (unpaired) electrons. The van der Waals surface area contributed by atoms with E-state index < -0.39 is 0 Å². The van der Waals surface area contributed by atoms with Crippen molar-refractivity contribution >= 4 is 5.91 Å². The lowest BCUT2D eigenvalue weighted by Crippen LogP contribution is -2.53. The van der Waals surface area contributed by atoms with E-state index in [2.05, 4.69) is 12.2 Å². The van der Waals surface area contributed by atoms with Crippen LogP contribution in [0, 0.1) is 0 Å². The van der Waals surface area contributed by atoms with Crippen molar-refractivity contribution < 1.29 is 9.53 Å². The maximum absolute atomic E-state index is 11.0. The van der Waals surface area contributed by atoms with E-state index in [1.165, 1.54) is 0 Å². The third kappa shape index (κ3) is 2.67. The van der Waals surface area contributed by atoms with E-state index in [1.807, 2.05) is 6.92 Å². The number of ether oxygens (including phenoxy) is 1. The van der Waals surface area contributed by atoms with Crippen LogP contribution < -0.4 is 11.1 Å². The number of primary amides is 1. The number of rotatable bonds is 4. The minimum absolute atomic E-state index is 0.0737. The number of carbonyl (C=O) groups is 1. The summed E-state index contributed by atoms with van der Waals surface area (Å²) in [5, 5.41) is 3.24. The summed E-state index contributed by atoms with van der Waals surface area (Å²) in [4.78, 5) is 11.0. The van der Waals surface area contributed by atoms with Gasteiger partial charge in [0.1, 0.15) is 0 Å². The Morgan fingerprint density at radius 1 is 1.77 bits per heavy atom. The van der Waals surface area contributed by atoms with Crippen LogP contribution in [0.2, 0.25) is 0 Å². The van der Waals surface area contributed by atoms with Crippen molar-refractivity contribution in [2.24, 2.45) is 5.73 Å². The molecule has 1 amide bonds. The maximum Gasteiger partial charge on any atom is 0.234 e. The number of nitrogens with two attached hydrogens (primary N) is 1. The summed E-state index contributed by atoms with van der Waals surface area (Å²) in [5.74, 6) is -0.282. The molecule has 3 N–H and O–H groups in total. The summed E-state index contributed by atoms with van der Waals surface area (Å²) in [6.45, 7) is 5.43. The highest BCUT2D eigenvalue weighted by Crippen LogP contribution is 2.18. The van der Waals surface area contributed by atoms with Gasteiger partial charge in [-0.1, -0.05) is 6.92 Å². The van der Waals surface area contributed by atoms with Gasteiger partial charge in [0.05, 0.1) is 12.6 Å². The molecule has 0 spiro atoms. The van der Waals surface area contributed by atoms with E-state index in [0.717, 1.165) is 19.4 Å².